The minimum atomic E-state index is -1.19. The Bertz CT molecular complexity index is 576. The maximum atomic E-state index is 12.4. The standard InChI is InChI=1S/C15H19BrN2O3/c1-9-3-2-6-15(8-9,14(20)21)18-13(19)11-5-4-10(16)7-12(11)17/h4-5,7,9H,2-3,6,8,17H2,1H3,(H,18,19)(H,20,21). The summed E-state index contributed by atoms with van der Waals surface area (Å²) in [4.78, 5) is 24.1. The van der Waals surface area contributed by atoms with Gasteiger partial charge in [0.15, 0.2) is 0 Å². The van der Waals surface area contributed by atoms with Gasteiger partial charge in [-0.15, -0.1) is 0 Å². The number of carboxylic acid groups (broad SMARTS) is 1. The molecule has 2 unspecified atom stereocenters. The summed E-state index contributed by atoms with van der Waals surface area (Å²) in [6.07, 6.45) is 2.69. The van der Waals surface area contributed by atoms with Crippen LogP contribution in [0.25, 0.3) is 0 Å². The lowest BCUT2D eigenvalue weighted by atomic mass is 9.76. The predicted molar refractivity (Wildman–Crippen MR) is 84.0 cm³/mol. The van der Waals surface area contributed by atoms with Crippen LogP contribution in [0.3, 0.4) is 0 Å². The first-order valence-electron chi connectivity index (χ1n) is 6.95. The summed E-state index contributed by atoms with van der Waals surface area (Å²) in [5.74, 6) is -1.13. The fourth-order valence-corrected chi connectivity index (χ4v) is 3.32. The first-order chi connectivity index (χ1) is 9.84. The Morgan fingerprint density at radius 2 is 2.19 bits per heavy atom. The molecule has 0 spiro atoms. The topological polar surface area (TPSA) is 92.4 Å². The summed E-state index contributed by atoms with van der Waals surface area (Å²) in [6.45, 7) is 2.01. The SMILES string of the molecule is CC1CCCC(NC(=O)c2ccc(Br)cc2N)(C(=O)O)C1. The third-order valence-corrected chi connectivity index (χ3v) is 4.51. The number of hydrogen-bond acceptors (Lipinski definition) is 3. The van der Waals surface area contributed by atoms with Crippen LogP contribution in [-0.4, -0.2) is 22.5 Å². The van der Waals surface area contributed by atoms with Crippen molar-refractivity contribution in [2.75, 3.05) is 5.73 Å². The molecule has 21 heavy (non-hydrogen) atoms. The van der Waals surface area contributed by atoms with E-state index in [4.69, 9.17) is 5.73 Å². The van der Waals surface area contributed by atoms with Crippen LogP contribution in [-0.2, 0) is 4.79 Å². The molecule has 0 heterocycles. The Balaban J connectivity index is 2.24. The second-order valence-electron chi connectivity index (χ2n) is 5.77. The van der Waals surface area contributed by atoms with Crippen molar-refractivity contribution in [3.8, 4) is 0 Å². The number of amides is 1. The van der Waals surface area contributed by atoms with Crippen LogP contribution in [0.2, 0.25) is 0 Å². The molecule has 0 bridgehead atoms. The van der Waals surface area contributed by atoms with Crippen LogP contribution in [0.15, 0.2) is 22.7 Å². The fraction of sp³-hybridized carbons (Fsp3) is 0.467. The Kier molecular flexibility index (Phi) is 4.56. The Labute approximate surface area is 132 Å². The molecule has 1 amide bonds. The van der Waals surface area contributed by atoms with E-state index >= 15 is 0 Å². The van der Waals surface area contributed by atoms with Gasteiger partial charge in [-0.05, 0) is 37.0 Å². The Morgan fingerprint density at radius 3 is 2.76 bits per heavy atom. The lowest BCUT2D eigenvalue weighted by Crippen LogP contribution is -2.56. The highest BCUT2D eigenvalue weighted by Crippen LogP contribution is 2.33. The van der Waals surface area contributed by atoms with Crippen molar-refractivity contribution in [1.29, 1.82) is 0 Å². The molecule has 2 rings (SSSR count). The van der Waals surface area contributed by atoms with Crippen LogP contribution in [0.5, 0.6) is 0 Å². The summed E-state index contributed by atoms with van der Waals surface area (Å²) >= 11 is 3.28. The number of carbonyl (C=O) groups excluding carboxylic acids is 1. The van der Waals surface area contributed by atoms with Gasteiger partial charge in [0.25, 0.3) is 5.91 Å². The van der Waals surface area contributed by atoms with Crippen molar-refractivity contribution >= 4 is 33.5 Å². The molecule has 1 aromatic rings. The molecule has 0 aromatic heterocycles. The van der Waals surface area contributed by atoms with E-state index in [2.05, 4.69) is 21.2 Å². The molecule has 1 fully saturated rings. The van der Waals surface area contributed by atoms with Gasteiger partial charge in [0.1, 0.15) is 5.54 Å². The van der Waals surface area contributed by atoms with Gasteiger partial charge >= 0.3 is 5.97 Å². The molecule has 1 aliphatic rings. The number of aliphatic carboxylic acids is 1. The van der Waals surface area contributed by atoms with E-state index in [0.717, 1.165) is 17.3 Å². The maximum absolute atomic E-state index is 12.4. The normalized spacial score (nSPS) is 25.3. The average molecular weight is 355 g/mol. The number of hydrogen-bond donors (Lipinski definition) is 3. The molecule has 0 saturated heterocycles. The Hall–Kier alpha value is -1.56. The summed E-state index contributed by atoms with van der Waals surface area (Å²) in [5.41, 5.74) is 5.28. The second-order valence-corrected chi connectivity index (χ2v) is 6.69. The summed E-state index contributed by atoms with van der Waals surface area (Å²) < 4.78 is 0.774. The third-order valence-electron chi connectivity index (χ3n) is 4.02. The van der Waals surface area contributed by atoms with E-state index in [9.17, 15) is 14.7 Å². The van der Waals surface area contributed by atoms with Crippen LogP contribution >= 0.6 is 15.9 Å². The number of carbonyl (C=O) groups is 2. The van der Waals surface area contributed by atoms with Gasteiger partial charge in [0, 0.05) is 10.2 Å². The van der Waals surface area contributed by atoms with Gasteiger partial charge in [0.2, 0.25) is 0 Å². The molecule has 1 aliphatic carbocycles. The highest BCUT2D eigenvalue weighted by molar-refractivity contribution is 9.10. The lowest BCUT2D eigenvalue weighted by molar-refractivity contribution is -0.146. The van der Waals surface area contributed by atoms with Gasteiger partial charge in [-0.3, -0.25) is 4.79 Å². The summed E-state index contributed by atoms with van der Waals surface area (Å²) in [7, 11) is 0. The average Bonchev–Trinajstić information content (AvgIpc) is 2.38. The molecule has 114 valence electrons. The summed E-state index contributed by atoms with van der Waals surface area (Å²) in [5, 5.41) is 12.3. The van der Waals surface area contributed by atoms with Gasteiger partial charge in [0.05, 0.1) is 5.56 Å². The zero-order chi connectivity index (χ0) is 15.6. The van der Waals surface area contributed by atoms with Crippen molar-refractivity contribution in [3.63, 3.8) is 0 Å². The minimum absolute atomic E-state index is 0.275. The first-order valence-corrected chi connectivity index (χ1v) is 7.74. The van der Waals surface area contributed by atoms with Crippen molar-refractivity contribution in [3.05, 3.63) is 28.2 Å². The van der Waals surface area contributed by atoms with E-state index in [1.807, 2.05) is 6.92 Å². The molecule has 2 atom stereocenters. The number of benzene rings is 1. The highest BCUT2D eigenvalue weighted by Gasteiger charge is 2.43. The third kappa shape index (κ3) is 3.37. The highest BCUT2D eigenvalue weighted by atomic mass is 79.9. The molecule has 4 N–H and O–H groups in total. The number of nitrogens with two attached hydrogens (primary N) is 1. The van der Waals surface area contributed by atoms with Crippen molar-refractivity contribution in [2.24, 2.45) is 5.92 Å². The zero-order valence-electron chi connectivity index (χ0n) is 11.9. The molecular weight excluding hydrogens is 336 g/mol. The molecule has 0 radical (unpaired) electrons. The lowest BCUT2D eigenvalue weighted by Gasteiger charge is -2.37. The predicted octanol–water partition coefficient (Wildman–Crippen LogP) is 2.79. The monoisotopic (exact) mass is 354 g/mol. The maximum Gasteiger partial charge on any atom is 0.329 e. The molecule has 0 aliphatic heterocycles. The van der Waals surface area contributed by atoms with Gasteiger partial charge in [-0.2, -0.15) is 0 Å². The van der Waals surface area contributed by atoms with Crippen molar-refractivity contribution in [2.45, 2.75) is 38.1 Å². The first kappa shape index (κ1) is 15.8. The van der Waals surface area contributed by atoms with Crippen molar-refractivity contribution in [1.82, 2.24) is 5.32 Å². The molecule has 5 nitrogen and oxygen atoms in total. The Morgan fingerprint density at radius 1 is 1.48 bits per heavy atom. The number of carboxylic acids is 1. The van der Waals surface area contributed by atoms with Crippen molar-refractivity contribution < 1.29 is 14.7 Å². The molecule has 1 aromatic carbocycles. The zero-order valence-corrected chi connectivity index (χ0v) is 13.4. The fourth-order valence-electron chi connectivity index (χ4n) is 2.94. The smallest absolute Gasteiger partial charge is 0.329 e. The summed E-state index contributed by atoms with van der Waals surface area (Å²) in [6, 6.07) is 4.94. The largest absolute Gasteiger partial charge is 0.480 e. The minimum Gasteiger partial charge on any atom is -0.480 e. The van der Waals surface area contributed by atoms with Crippen LogP contribution < -0.4 is 11.1 Å². The number of nitrogen functional groups attached to an aromatic ring is 1. The number of nitrogens with one attached hydrogen (secondary N) is 1. The van der Waals surface area contributed by atoms with E-state index in [1.54, 1.807) is 18.2 Å². The quantitative estimate of drug-likeness (QED) is 0.727. The van der Waals surface area contributed by atoms with Crippen LogP contribution in [0, 0.1) is 5.92 Å². The molecular formula is C15H19BrN2O3. The second kappa shape index (κ2) is 6.05. The number of anilines is 1. The van der Waals surface area contributed by atoms with Gasteiger partial charge < -0.3 is 16.2 Å². The van der Waals surface area contributed by atoms with Gasteiger partial charge in [-0.1, -0.05) is 35.7 Å². The molecule has 1 saturated carbocycles. The van der Waals surface area contributed by atoms with E-state index in [1.165, 1.54) is 0 Å². The van der Waals surface area contributed by atoms with E-state index < -0.39 is 17.4 Å². The number of rotatable bonds is 3. The number of halogens is 1. The van der Waals surface area contributed by atoms with E-state index in [-0.39, 0.29) is 5.92 Å². The molecule has 6 heteroatoms. The van der Waals surface area contributed by atoms with Crippen LogP contribution in [0.1, 0.15) is 43.0 Å². The van der Waals surface area contributed by atoms with Gasteiger partial charge in [-0.25, -0.2) is 4.79 Å². The van der Waals surface area contributed by atoms with Crippen LogP contribution in [0.4, 0.5) is 5.69 Å². The van der Waals surface area contributed by atoms with E-state index in [0.29, 0.717) is 24.1 Å².